The maximum absolute atomic E-state index is 12.9. The molecule has 0 atom stereocenters. The summed E-state index contributed by atoms with van der Waals surface area (Å²) in [5.41, 5.74) is 4.84. The Morgan fingerprint density at radius 2 is 1.55 bits per heavy atom. The molecule has 0 spiro atoms. The van der Waals surface area contributed by atoms with Crippen molar-refractivity contribution in [3.05, 3.63) is 65.2 Å². The molecule has 31 heavy (non-hydrogen) atoms. The Bertz CT molecular complexity index is 1170. The number of hydrogen-bond acceptors (Lipinski definition) is 6. The third kappa shape index (κ3) is 4.70. The van der Waals surface area contributed by atoms with Crippen LogP contribution >= 0.6 is 0 Å². The van der Waals surface area contributed by atoms with Crippen molar-refractivity contribution in [1.82, 2.24) is 10.2 Å². The topological polar surface area (TPSA) is 84.4 Å². The van der Waals surface area contributed by atoms with Gasteiger partial charge in [-0.25, -0.2) is 8.42 Å². The number of morpholine rings is 1. The Hall–Kier alpha value is -2.97. The van der Waals surface area contributed by atoms with Gasteiger partial charge in [0.2, 0.25) is 0 Å². The molecule has 1 saturated heterocycles. The van der Waals surface area contributed by atoms with Crippen molar-refractivity contribution >= 4 is 21.5 Å². The van der Waals surface area contributed by atoms with Crippen molar-refractivity contribution in [3.63, 3.8) is 0 Å². The Morgan fingerprint density at radius 3 is 2.19 bits per heavy atom. The lowest BCUT2D eigenvalue weighted by Crippen LogP contribution is -2.36. The van der Waals surface area contributed by atoms with Crippen LogP contribution in [0.3, 0.4) is 0 Å². The highest BCUT2D eigenvalue weighted by atomic mass is 32.2. The zero-order chi connectivity index (χ0) is 22.0. The Labute approximate surface area is 183 Å². The minimum Gasteiger partial charge on any atom is -0.378 e. The maximum Gasteiger partial charge on any atom is 0.262 e. The first-order valence-electron chi connectivity index (χ1n) is 10.2. The summed E-state index contributed by atoms with van der Waals surface area (Å²) in [7, 11) is -3.67. The summed E-state index contributed by atoms with van der Waals surface area (Å²) in [5.74, 6) is 0.834. The van der Waals surface area contributed by atoms with Gasteiger partial charge in [0, 0.05) is 24.3 Å². The predicted octanol–water partition coefficient (Wildman–Crippen LogP) is 3.71. The molecule has 4 rings (SSSR count). The summed E-state index contributed by atoms with van der Waals surface area (Å²) < 4.78 is 33.8. The predicted molar refractivity (Wildman–Crippen MR) is 122 cm³/mol. The van der Waals surface area contributed by atoms with Crippen LogP contribution in [0.5, 0.6) is 0 Å². The van der Waals surface area contributed by atoms with Gasteiger partial charge in [-0.15, -0.1) is 10.2 Å². The van der Waals surface area contributed by atoms with Crippen molar-refractivity contribution in [1.29, 1.82) is 0 Å². The van der Waals surface area contributed by atoms with Crippen LogP contribution in [-0.2, 0) is 14.8 Å². The minimum atomic E-state index is -3.67. The lowest BCUT2D eigenvalue weighted by molar-refractivity contribution is 0.122. The van der Waals surface area contributed by atoms with E-state index in [2.05, 4.69) is 19.8 Å². The maximum atomic E-state index is 12.9. The number of nitrogens with zero attached hydrogens (tertiary/aromatic N) is 3. The molecule has 0 aliphatic carbocycles. The lowest BCUT2D eigenvalue weighted by Gasteiger charge is -2.27. The molecule has 7 nitrogen and oxygen atoms in total. The molecule has 1 fully saturated rings. The molecular weight excluding hydrogens is 412 g/mol. The quantitative estimate of drug-likeness (QED) is 0.654. The zero-order valence-corrected chi connectivity index (χ0v) is 18.7. The molecule has 8 heteroatoms. The summed E-state index contributed by atoms with van der Waals surface area (Å²) >= 11 is 0. The van der Waals surface area contributed by atoms with Gasteiger partial charge in [-0.3, -0.25) is 4.72 Å². The fraction of sp³-hybridized carbons (Fsp3) is 0.304. The van der Waals surface area contributed by atoms with E-state index < -0.39 is 10.0 Å². The fourth-order valence-corrected chi connectivity index (χ4v) is 4.95. The first kappa shape index (κ1) is 21.3. The molecule has 0 saturated carbocycles. The minimum absolute atomic E-state index is 0.296. The Morgan fingerprint density at radius 1 is 0.871 bits per heavy atom. The van der Waals surface area contributed by atoms with E-state index in [4.69, 9.17) is 4.74 Å². The van der Waals surface area contributed by atoms with E-state index >= 15 is 0 Å². The number of aryl methyl sites for hydroxylation is 3. The number of rotatable bonds is 5. The Balaban J connectivity index is 1.50. The molecule has 3 aromatic rings. The Kier molecular flexibility index (Phi) is 5.93. The van der Waals surface area contributed by atoms with E-state index in [9.17, 15) is 8.42 Å². The van der Waals surface area contributed by atoms with E-state index in [0.29, 0.717) is 23.8 Å². The van der Waals surface area contributed by atoms with Crippen LogP contribution in [0.1, 0.15) is 16.7 Å². The largest absolute Gasteiger partial charge is 0.378 e. The van der Waals surface area contributed by atoms with Crippen molar-refractivity contribution in [2.45, 2.75) is 25.7 Å². The highest BCUT2D eigenvalue weighted by molar-refractivity contribution is 7.92. The molecule has 1 N–H and O–H groups in total. The van der Waals surface area contributed by atoms with Gasteiger partial charge in [-0.1, -0.05) is 18.2 Å². The average molecular weight is 439 g/mol. The third-order valence-electron chi connectivity index (χ3n) is 5.50. The summed E-state index contributed by atoms with van der Waals surface area (Å²) in [4.78, 5) is 2.44. The second-order valence-corrected chi connectivity index (χ2v) is 9.41. The fourth-order valence-electron chi connectivity index (χ4n) is 3.58. The van der Waals surface area contributed by atoms with Gasteiger partial charge in [0.05, 0.1) is 23.8 Å². The molecule has 1 aliphatic rings. The molecule has 0 radical (unpaired) electrons. The van der Waals surface area contributed by atoms with Crippen LogP contribution in [-0.4, -0.2) is 44.9 Å². The van der Waals surface area contributed by atoms with Gasteiger partial charge in [-0.05, 0) is 67.8 Å². The van der Waals surface area contributed by atoms with Gasteiger partial charge >= 0.3 is 0 Å². The average Bonchev–Trinajstić information content (AvgIpc) is 2.77. The van der Waals surface area contributed by atoms with Crippen LogP contribution in [0.2, 0.25) is 0 Å². The van der Waals surface area contributed by atoms with E-state index in [1.807, 2.05) is 51.1 Å². The van der Waals surface area contributed by atoms with Crippen molar-refractivity contribution in [2.24, 2.45) is 0 Å². The van der Waals surface area contributed by atoms with Crippen LogP contribution in [0.25, 0.3) is 11.3 Å². The summed E-state index contributed by atoms with van der Waals surface area (Å²) in [5, 5.41) is 8.67. The summed E-state index contributed by atoms with van der Waals surface area (Å²) in [6, 6.07) is 14.6. The van der Waals surface area contributed by atoms with Gasteiger partial charge in [0.25, 0.3) is 10.0 Å². The monoisotopic (exact) mass is 438 g/mol. The van der Waals surface area contributed by atoms with Crippen molar-refractivity contribution < 1.29 is 13.2 Å². The molecule has 2 heterocycles. The highest BCUT2D eigenvalue weighted by Crippen LogP contribution is 2.25. The number of aromatic nitrogens is 2. The third-order valence-corrected chi connectivity index (χ3v) is 7.02. The standard InChI is InChI=1S/C23H26N4O3S/c1-16-14-18(3)22(15-17(16)2)31(28,29)26-20-6-4-19(5-7-20)21-8-9-23(25-24-21)27-10-12-30-13-11-27/h4-9,14-15,26H,10-13H2,1-3H3. The number of hydrogen-bond donors (Lipinski definition) is 1. The van der Waals surface area contributed by atoms with E-state index in [-0.39, 0.29) is 0 Å². The van der Waals surface area contributed by atoms with Crippen LogP contribution < -0.4 is 9.62 Å². The second kappa shape index (κ2) is 8.64. The SMILES string of the molecule is Cc1cc(C)c(S(=O)(=O)Nc2ccc(-c3ccc(N4CCOCC4)nn3)cc2)cc1C. The van der Waals surface area contributed by atoms with Crippen molar-refractivity contribution in [3.8, 4) is 11.3 Å². The van der Waals surface area contributed by atoms with Gasteiger partial charge < -0.3 is 9.64 Å². The first-order valence-corrected chi connectivity index (χ1v) is 11.7. The molecule has 0 amide bonds. The second-order valence-electron chi connectivity index (χ2n) is 7.76. The van der Waals surface area contributed by atoms with Crippen LogP contribution in [0.4, 0.5) is 11.5 Å². The number of sulfonamides is 1. The molecule has 1 aliphatic heterocycles. The van der Waals surface area contributed by atoms with Gasteiger partial charge in [0.15, 0.2) is 5.82 Å². The molecule has 1 aromatic heterocycles. The van der Waals surface area contributed by atoms with Crippen LogP contribution in [0, 0.1) is 20.8 Å². The van der Waals surface area contributed by atoms with E-state index in [0.717, 1.165) is 46.9 Å². The molecule has 0 bridgehead atoms. The first-order chi connectivity index (χ1) is 14.8. The number of nitrogens with one attached hydrogen (secondary N) is 1. The smallest absolute Gasteiger partial charge is 0.262 e. The molecule has 2 aromatic carbocycles. The zero-order valence-electron chi connectivity index (χ0n) is 17.9. The molecular formula is C23H26N4O3S. The van der Waals surface area contributed by atoms with E-state index in [1.54, 1.807) is 18.2 Å². The molecule has 162 valence electrons. The summed E-state index contributed by atoms with van der Waals surface area (Å²) in [6.45, 7) is 8.70. The highest BCUT2D eigenvalue weighted by Gasteiger charge is 2.18. The number of benzene rings is 2. The lowest BCUT2D eigenvalue weighted by atomic mass is 10.1. The summed E-state index contributed by atoms with van der Waals surface area (Å²) in [6.07, 6.45) is 0. The van der Waals surface area contributed by atoms with Crippen LogP contribution in [0.15, 0.2) is 53.4 Å². The normalized spacial score (nSPS) is 14.5. The van der Waals surface area contributed by atoms with Gasteiger partial charge in [-0.2, -0.15) is 0 Å². The molecule has 0 unspecified atom stereocenters. The van der Waals surface area contributed by atoms with E-state index in [1.165, 1.54) is 0 Å². The number of anilines is 2. The number of ether oxygens (including phenoxy) is 1. The van der Waals surface area contributed by atoms with Crippen molar-refractivity contribution in [2.75, 3.05) is 35.9 Å². The van der Waals surface area contributed by atoms with Gasteiger partial charge in [0.1, 0.15) is 0 Å².